The second-order valence-electron chi connectivity index (χ2n) is 6.70. The minimum absolute atomic E-state index is 0.0333. The summed E-state index contributed by atoms with van der Waals surface area (Å²) in [6, 6.07) is 3.82. The molecule has 0 radical (unpaired) electrons. The molecule has 1 aromatic carbocycles. The first-order chi connectivity index (χ1) is 12.7. The molecule has 27 heavy (non-hydrogen) atoms. The molecule has 0 spiro atoms. The number of carbonyl (C=O) groups is 1. The van der Waals surface area contributed by atoms with Crippen LogP contribution in [0.5, 0.6) is 5.75 Å². The number of hydrogen-bond donors (Lipinski definition) is 3. The van der Waals surface area contributed by atoms with Crippen molar-refractivity contribution in [3.05, 3.63) is 57.0 Å². The van der Waals surface area contributed by atoms with Gasteiger partial charge in [0.05, 0.1) is 19.8 Å². The summed E-state index contributed by atoms with van der Waals surface area (Å²) in [4.78, 5) is 29.1. The first-order valence-corrected chi connectivity index (χ1v) is 8.39. The second-order valence-corrected chi connectivity index (χ2v) is 6.70. The fraction of sp³-hybridized carbons (Fsp3) is 0.389. The summed E-state index contributed by atoms with van der Waals surface area (Å²) in [5, 5.41) is 22.0. The fourth-order valence-electron chi connectivity index (χ4n) is 3.00. The predicted octanol–water partition coefficient (Wildman–Crippen LogP) is 0.776. The molecule has 3 N–H and O–H groups in total. The van der Waals surface area contributed by atoms with Crippen LogP contribution in [0, 0.1) is 5.82 Å². The number of rotatable bonds is 4. The Kier molecular flexibility index (Phi) is 4.99. The van der Waals surface area contributed by atoms with Gasteiger partial charge in [-0.15, -0.1) is 0 Å². The van der Waals surface area contributed by atoms with Crippen molar-refractivity contribution in [1.29, 1.82) is 0 Å². The number of nitrogens with one attached hydrogen (secondary N) is 1. The molecule has 2 heterocycles. The number of carbonyl (C=O) groups excluding carboxylic acids is 1. The maximum atomic E-state index is 13.2. The van der Waals surface area contributed by atoms with E-state index in [1.54, 1.807) is 13.8 Å². The fourth-order valence-corrected chi connectivity index (χ4v) is 3.00. The normalized spacial score (nSPS) is 15.3. The van der Waals surface area contributed by atoms with E-state index in [2.05, 4.69) is 10.3 Å². The molecule has 2 aromatic rings. The van der Waals surface area contributed by atoms with E-state index in [4.69, 9.17) is 4.74 Å². The number of aromatic nitrogens is 2. The molecule has 1 aliphatic rings. The van der Waals surface area contributed by atoms with E-state index in [0.717, 1.165) is 0 Å². The summed E-state index contributed by atoms with van der Waals surface area (Å²) in [6.07, 6.45) is 0. The lowest BCUT2D eigenvalue weighted by Crippen LogP contribution is -2.42. The summed E-state index contributed by atoms with van der Waals surface area (Å²) in [6.45, 7) is 3.54. The highest BCUT2D eigenvalue weighted by Gasteiger charge is 2.34. The third-order valence-electron chi connectivity index (χ3n) is 4.45. The van der Waals surface area contributed by atoms with Gasteiger partial charge in [-0.3, -0.25) is 14.2 Å². The molecule has 3 rings (SSSR count). The largest absolute Gasteiger partial charge is 0.501 e. The Morgan fingerprint density at radius 2 is 2.15 bits per heavy atom. The summed E-state index contributed by atoms with van der Waals surface area (Å²) in [5.41, 5.74) is -1.17. The monoisotopic (exact) mass is 377 g/mol. The van der Waals surface area contributed by atoms with Crippen LogP contribution in [-0.2, 0) is 30.0 Å². The standard InChI is InChI=1S/C18H20FN3O5/c1-18(2)17-21-13(14(24)16(26)22(17)5-6-27-18)15(25)20-8-10-3-4-12(19)7-11(10)9-23/h3-4,7,23-24H,5-6,8-9H2,1-2H3,(H,20,25). The van der Waals surface area contributed by atoms with Crippen LogP contribution in [0.25, 0.3) is 0 Å². The highest BCUT2D eigenvalue weighted by molar-refractivity contribution is 5.94. The summed E-state index contributed by atoms with van der Waals surface area (Å²) in [5.74, 6) is -1.75. The van der Waals surface area contributed by atoms with E-state index in [0.29, 0.717) is 17.7 Å². The maximum absolute atomic E-state index is 13.2. The summed E-state index contributed by atoms with van der Waals surface area (Å²) < 4.78 is 20.1. The van der Waals surface area contributed by atoms with Gasteiger partial charge in [0.25, 0.3) is 11.5 Å². The molecule has 0 unspecified atom stereocenters. The molecule has 0 fully saturated rings. The molecule has 1 aliphatic heterocycles. The lowest BCUT2D eigenvalue weighted by Gasteiger charge is -2.32. The van der Waals surface area contributed by atoms with Gasteiger partial charge in [0.15, 0.2) is 5.69 Å². The van der Waals surface area contributed by atoms with E-state index in [-0.39, 0.29) is 18.9 Å². The Balaban J connectivity index is 1.90. The quantitative estimate of drug-likeness (QED) is 0.726. The minimum atomic E-state index is -0.888. The number of aromatic hydroxyl groups is 1. The molecule has 0 saturated heterocycles. The number of aliphatic hydroxyl groups is 1. The van der Waals surface area contributed by atoms with Crippen LogP contribution in [0.1, 0.15) is 41.3 Å². The molecule has 0 atom stereocenters. The minimum Gasteiger partial charge on any atom is -0.501 e. The van der Waals surface area contributed by atoms with Crippen molar-refractivity contribution >= 4 is 5.91 Å². The van der Waals surface area contributed by atoms with Crippen LogP contribution >= 0.6 is 0 Å². The molecule has 0 aliphatic carbocycles. The highest BCUT2D eigenvalue weighted by Crippen LogP contribution is 2.27. The number of ether oxygens (including phenoxy) is 1. The lowest BCUT2D eigenvalue weighted by atomic mass is 10.1. The lowest BCUT2D eigenvalue weighted by molar-refractivity contribution is -0.0566. The molecule has 0 saturated carbocycles. The van der Waals surface area contributed by atoms with E-state index >= 15 is 0 Å². The zero-order chi connectivity index (χ0) is 19.8. The predicted molar refractivity (Wildman–Crippen MR) is 92.6 cm³/mol. The average Bonchev–Trinajstić information content (AvgIpc) is 2.63. The van der Waals surface area contributed by atoms with E-state index in [9.17, 15) is 24.2 Å². The van der Waals surface area contributed by atoms with Gasteiger partial charge in [0.2, 0.25) is 5.75 Å². The van der Waals surface area contributed by atoms with Crippen LogP contribution < -0.4 is 10.9 Å². The topological polar surface area (TPSA) is 114 Å². The average molecular weight is 377 g/mol. The Labute approximate surface area is 154 Å². The number of nitrogens with zero attached hydrogens (tertiary/aromatic N) is 2. The van der Waals surface area contributed by atoms with Gasteiger partial charge < -0.3 is 20.3 Å². The number of aliphatic hydroxyl groups excluding tert-OH is 1. The molecule has 1 amide bonds. The van der Waals surface area contributed by atoms with Gasteiger partial charge in [-0.1, -0.05) is 6.07 Å². The first-order valence-electron chi connectivity index (χ1n) is 8.39. The Morgan fingerprint density at radius 1 is 1.41 bits per heavy atom. The SMILES string of the molecule is CC1(C)OCCn2c1nc(C(=O)NCc1ccc(F)cc1CO)c(O)c2=O. The zero-order valence-corrected chi connectivity index (χ0v) is 15.0. The number of fused-ring (bicyclic) bond motifs is 1. The highest BCUT2D eigenvalue weighted by atomic mass is 19.1. The molecule has 8 nitrogen and oxygen atoms in total. The van der Waals surface area contributed by atoms with E-state index in [1.807, 2.05) is 0 Å². The van der Waals surface area contributed by atoms with Crippen LogP contribution in [0.15, 0.2) is 23.0 Å². The van der Waals surface area contributed by atoms with Gasteiger partial charge in [0, 0.05) is 6.54 Å². The van der Waals surface area contributed by atoms with Crippen LogP contribution in [-0.4, -0.2) is 32.3 Å². The molecular weight excluding hydrogens is 357 g/mol. The summed E-state index contributed by atoms with van der Waals surface area (Å²) >= 11 is 0. The molecule has 144 valence electrons. The van der Waals surface area contributed by atoms with Crippen LogP contribution in [0.3, 0.4) is 0 Å². The number of benzene rings is 1. The molecule has 9 heteroatoms. The Hall–Kier alpha value is -2.78. The van der Waals surface area contributed by atoms with E-state index in [1.165, 1.54) is 22.8 Å². The number of amides is 1. The van der Waals surface area contributed by atoms with Crippen molar-refractivity contribution in [2.45, 2.75) is 39.1 Å². The van der Waals surface area contributed by atoms with Gasteiger partial charge >= 0.3 is 0 Å². The van der Waals surface area contributed by atoms with E-state index < -0.39 is 40.9 Å². The van der Waals surface area contributed by atoms with Gasteiger partial charge in [-0.2, -0.15) is 0 Å². The molecular formula is C18H20FN3O5. The summed E-state index contributed by atoms with van der Waals surface area (Å²) in [7, 11) is 0. The first kappa shape index (κ1) is 19.0. The number of halogens is 1. The molecule has 0 bridgehead atoms. The van der Waals surface area contributed by atoms with Crippen molar-refractivity contribution in [2.75, 3.05) is 6.61 Å². The van der Waals surface area contributed by atoms with Gasteiger partial charge in [-0.05, 0) is 37.1 Å². The van der Waals surface area contributed by atoms with Gasteiger partial charge in [-0.25, -0.2) is 9.37 Å². The third-order valence-corrected chi connectivity index (χ3v) is 4.45. The second kappa shape index (κ2) is 7.09. The zero-order valence-electron chi connectivity index (χ0n) is 15.0. The third kappa shape index (κ3) is 3.56. The van der Waals surface area contributed by atoms with Gasteiger partial charge in [0.1, 0.15) is 17.2 Å². The maximum Gasteiger partial charge on any atom is 0.296 e. The van der Waals surface area contributed by atoms with Crippen molar-refractivity contribution in [2.24, 2.45) is 0 Å². The van der Waals surface area contributed by atoms with Crippen molar-refractivity contribution in [1.82, 2.24) is 14.9 Å². The Morgan fingerprint density at radius 3 is 2.85 bits per heavy atom. The van der Waals surface area contributed by atoms with Crippen molar-refractivity contribution < 1.29 is 24.1 Å². The smallest absolute Gasteiger partial charge is 0.296 e. The number of hydrogen-bond acceptors (Lipinski definition) is 6. The van der Waals surface area contributed by atoms with Crippen molar-refractivity contribution in [3.63, 3.8) is 0 Å². The van der Waals surface area contributed by atoms with Crippen LogP contribution in [0.2, 0.25) is 0 Å². The van der Waals surface area contributed by atoms with Crippen molar-refractivity contribution in [3.8, 4) is 5.75 Å². The van der Waals surface area contributed by atoms with Crippen LogP contribution in [0.4, 0.5) is 4.39 Å². The molecule has 1 aromatic heterocycles. The Bertz CT molecular complexity index is 955.